The first kappa shape index (κ1) is 16.3. The van der Waals surface area contributed by atoms with Crippen LogP contribution in [-0.4, -0.2) is 42.0 Å². The Morgan fingerprint density at radius 2 is 2.09 bits per heavy atom. The molecule has 1 atom stereocenters. The summed E-state index contributed by atoms with van der Waals surface area (Å²) in [6.45, 7) is -1.49. The average molecular weight is 318 g/mol. The molecule has 1 unspecified atom stereocenters. The van der Waals surface area contributed by atoms with Crippen LogP contribution in [0.25, 0.3) is 0 Å². The van der Waals surface area contributed by atoms with Crippen LogP contribution in [-0.2, 0) is 16.0 Å². The Morgan fingerprint density at radius 3 is 2.73 bits per heavy atom. The summed E-state index contributed by atoms with van der Waals surface area (Å²) in [5, 5.41) is 2.50. The van der Waals surface area contributed by atoms with Gasteiger partial charge in [-0.25, -0.2) is 4.39 Å². The first-order valence-electron chi connectivity index (χ1n) is 6.61. The van der Waals surface area contributed by atoms with E-state index in [9.17, 15) is 27.2 Å². The number of carbonyl (C=O) groups excluding carboxylic acids is 2. The maximum atomic E-state index is 13.0. The smallest absolute Gasteiger partial charge is 0.351 e. The zero-order valence-corrected chi connectivity index (χ0v) is 11.5. The van der Waals surface area contributed by atoms with Gasteiger partial charge in [-0.2, -0.15) is 13.2 Å². The van der Waals surface area contributed by atoms with E-state index >= 15 is 0 Å². The first-order valence-corrected chi connectivity index (χ1v) is 6.61. The zero-order valence-electron chi connectivity index (χ0n) is 11.5. The fourth-order valence-electron chi connectivity index (χ4n) is 2.35. The predicted molar refractivity (Wildman–Crippen MR) is 69.3 cm³/mol. The van der Waals surface area contributed by atoms with Crippen LogP contribution in [0.15, 0.2) is 24.3 Å². The standard InChI is InChI=1S/C14H14F4N2O2/c15-10-3-1-2-9(4-10)5-12(21)19-11-6-13(22)20(7-11)8-14(16,17)18/h1-4,11H,5-8H2,(H,19,21). The maximum Gasteiger partial charge on any atom is 0.406 e. The molecule has 4 nitrogen and oxygen atoms in total. The van der Waals surface area contributed by atoms with E-state index in [0.717, 1.165) is 0 Å². The SMILES string of the molecule is O=C(Cc1cccc(F)c1)NC1CC(=O)N(CC(F)(F)F)C1. The summed E-state index contributed by atoms with van der Waals surface area (Å²) in [6, 6.07) is 4.82. The zero-order chi connectivity index (χ0) is 16.3. The molecule has 0 radical (unpaired) electrons. The number of hydrogen-bond acceptors (Lipinski definition) is 2. The summed E-state index contributed by atoms with van der Waals surface area (Å²) >= 11 is 0. The van der Waals surface area contributed by atoms with Crippen molar-refractivity contribution >= 4 is 11.8 Å². The summed E-state index contributed by atoms with van der Waals surface area (Å²) in [4.78, 5) is 23.9. The maximum absolute atomic E-state index is 13.0. The quantitative estimate of drug-likeness (QED) is 0.858. The average Bonchev–Trinajstić information content (AvgIpc) is 2.66. The van der Waals surface area contributed by atoms with Crippen LogP contribution >= 0.6 is 0 Å². The third kappa shape index (κ3) is 4.71. The van der Waals surface area contributed by atoms with E-state index in [2.05, 4.69) is 5.32 Å². The molecule has 1 aromatic carbocycles. The van der Waals surface area contributed by atoms with Gasteiger partial charge in [-0.1, -0.05) is 12.1 Å². The highest BCUT2D eigenvalue weighted by atomic mass is 19.4. The van der Waals surface area contributed by atoms with Gasteiger partial charge in [-0.3, -0.25) is 9.59 Å². The molecule has 0 spiro atoms. The van der Waals surface area contributed by atoms with E-state index < -0.39 is 36.4 Å². The van der Waals surface area contributed by atoms with Crippen molar-refractivity contribution in [1.82, 2.24) is 10.2 Å². The van der Waals surface area contributed by atoms with E-state index in [-0.39, 0.29) is 19.4 Å². The molecule has 8 heteroatoms. The van der Waals surface area contributed by atoms with E-state index in [1.54, 1.807) is 6.07 Å². The van der Waals surface area contributed by atoms with Crippen LogP contribution in [0.2, 0.25) is 0 Å². The van der Waals surface area contributed by atoms with Gasteiger partial charge in [0.25, 0.3) is 0 Å². The molecule has 0 aliphatic carbocycles. The largest absolute Gasteiger partial charge is 0.406 e. The first-order chi connectivity index (χ1) is 10.2. The number of carbonyl (C=O) groups is 2. The van der Waals surface area contributed by atoms with Crippen LogP contribution in [0.3, 0.4) is 0 Å². The minimum atomic E-state index is -4.46. The van der Waals surface area contributed by atoms with Crippen molar-refractivity contribution in [2.24, 2.45) is 0 Å². The molecule has 0 saturated carbocycles. The summed E-state index contributed by atoms with van der Waals surface area (Å²) < 4.78 is 49.8. The van der Waals surface area contributed by atoms with Crippen molar-refractivity contribution in [1.29, 1.82) is 0 Å². The molecule has 1 fully saturated rings. The second-order valence-corrected chi connectivity index (χ2v) is 5.16. The number of benzene rings is 1. The highest BCUT2D eigenvalue weighted by Crippen LogP contribution is 2.20. The second kappa shape index (κ2) is 6.33. The van der Waals surface area contributed by atoms with Crippen LogP contribution in [0.4, 0.5) is 17.6 Å². The third-order valence-corrected chi connectivity index (χ3v) is 3.20. The normalized spacial score (nSPS) is 18.6. The van der Waals surface area contributed by atoms with Gasteiger partial charge >= 0.3 is 6.18 Å². The van der Waals surface area contributed by atoms with E-state index in [1.165, 1.54) is 18.2 Å². The summed E-state index contributed by atoms with van der Waals surface area (Å²) in [5.41, 5.74) is 0.453. The van der Waals surface area contributed by atoms with Crippen LogP contribution < -0.4 is 5.32 Å². The fraction of sp³-hybridized carbons (Fsp3) is 0.429. The van der Waals surface area contributed by atoms with Crippen molar-refractivity contribution in [2.45, 2.75) is 25.1 Å². The molecular weight excluding hydrogens is 304 g/mol. The van der Waals surface area contributed by atoms with Crippen molar-refractivity contribution < 1.29 is 27.2 Å². The van der Waals surface area contributed by atoms with Crippen molar-refractivity contribution in [2.75, 3.05) is 13.1 Å². The van der Waals surface area contributed by atoms with Gasteiger partial charge in [-0.05, 0) is 17.7 Å². The molecule has 120 valence electrons. The van der Waals surface area contributed by atoms with Crippen LogP contribution in [0.1, 0.15) is 12.0 Å². The molecule has 0 bridgehead atoms. The lowest BCUT2D eigenvalue weighted by Gasteiger charge is -2.18. The molecular formula is C14H14F4N2O2. The molecule has 1 aliphatic rings. The van der Waals surface area contributed by atoms with Gasteiger partial charge in [-0.15, -0.1) is 0 Å². The monoisotopic (exact) mass is 318 g/mol. The topological polar surface area (TPSA) is 49.4 Å². The van der Waals surface area contributed by atoms with E-state index in [0.29, 0.717) is 10.5 Å². The molecule has 0 aromatic heterocycles. The summed E-state index contributed by atoms with van der Waals surface area (Å²) in [7, 11) is 0. The number of likely N-dealkylation sites (tertiary alicyclic amines) is 1. The van der Waals surface area contributed by atoms with Gasteiger partial charge in [0.05, 0.1) is 12.5 Å². The molecule has 1 heterocycles. The molecule has 1 N–H and O–H groups in total. The lowest BCUT2D eigenvalue weighted by Crippen LogP contribution is -2.40. The van der Waals surface area contributed by atoms with Crippen molar-refractivity contribution in [3.05, 3.63) is 35.6 Å². The van der Waals surface area contributed by atoms with Gasteiger partial charge in [0, 0.05) is 13.0 Å². The van der Waals surface area contributed by atoms with Crippen molar-refractivity contribution in [3.63, 3.8) is 0 Å². The molecule has 22 heavy (non-hydrogen) atoms. The molecule has 1 aliphatic heterocycles. The lowest BCUT2D eigenvalue weighted by atomic mass is 10.1. The van der Waals surface area contributed by atoms with Gasteiger partial charge in [0.1, 0.15) is 12.4 Å². The highest BCUT2D eigenvalue weighted by Gasteiger charge is 2.38. The van der Waals surface area contributed by atoms with E-state index in [4.69, 9.17) is 0 Å². The predicted octanol–water partition coefficient (Wildman–Crippen LogP) is 1.65. The van der Waals surface area contributed by atoms with Gasteiger partial charge in [0.15, 0.2) is 0 Å². The minimum Gasteiger partial charge on any atom is -0.351 e. The number of nitrogens with one attached hydrogen (secondary N) is 1. The Balaban J connectivity index is 1.86. The Morgan fingerprint density at radius 1 is 1.36 bits per heavy atom. The molecule has 2 amide bonds. The number of nitrogens with zero attached hydrogens (tertiary/aromatic N) is 1. The van der Waals surface area contributed by atoms with Gasteiger partial charge < -0.3 is 10.2 Å². The lowest BCUT2D eigenvalue weighted by molar-refractivity contribution is -0.157. The number of hydrogen-bond donors (Lipinski definition) is 1. The summed E-state index contributed by atoms with van der Waals surface area (Å²) in [5.74, 6) is -1.58. The number of halogens is 4. The summed E-state index contributed by atoms with van der Waals surface area (Å²) in [6.07, 6.45) is -4.72. The molecule has 2 rings (SSSR count). The number of rotatable bonds is 4. The van der Waals surface area contributed by atoms with Gasteiger partial charge in [0.2, 0.25) is 11.8 Å². The molecule has 1 saturated heterocycles. The number of alkyl halides is 3. The Hall–Kier alpha value is -2.12. The Bertz CT molecular complexity index is 574. The Labute approximate surface area is 124 Å². The van der Waals surface area contributed by atoms with Crippen LogP contribution in [0, 0.1) is 5.82 Å². The Kier molecular flexibility index (Phi) is 4.68. The highest BCUT2D eigenvalue weighted by molar-refractivity contribution is 5.83. The number of amides is 2. The minimum absolute atomic E-state index is 0.0955. The third-order valence-electron chi connectivity index (χ3n) is 3.20. The molecule has 1 aromatic rings. The second-order valence-electron chi connectivity index (χ2n) is 5.16. The fourth-order valence-corrected chi connectivity index (χ4v) is 2.35. The van der Waals surface area contributed by atoms with Crippen LogP contribution in [0.5, 0.6) is 0 Å². The van der Waals surface area contributed by atoms with Crippen molar-refractivity contribution in [3.8, 4) is 0 Å². The van der Waals surface area contributed by atoms with E-state index in [1.807, 2.05) is 0 Å².